The smallest absolute Gasteiger partial charge is 0.138 e. The van der Waals surface area contributed by atoms with E-state index in [9.17, 15) is 0 Å². The molecule has 0 amide bonds. The molecule has 0 aliphatic rings. The van der Waals surface area contributed by atoms with Crippen LogP contribution in [-0.4, -0.2) is 7.11 Å². The number of ether oxygens (including phenoxy) is 1. The molecule has 0 bridgehead atoms. The molecule has 0 spiro atoms. The first kappa shape index (κ1) is 12.4. The first-order valence-corrected chi connectivity index (χ1v) is 6.36. The van der Waals surface area contributed by atoms with Gasteiger partial charge in [0, 0.05) is 17.1 Å². The Morgan fingerprint density at radius 1 is 1.00 bits per heavy atom. The Labute approximate surface area is 117 Å². The van der Waals surface area contributed by atoms with Crippen molar-refractivity contribution in [3.63, 3.8) is 0 Å². The van der Waals surface area contributed by atoms with Crippen LogP contribution >= 0.6 is 0 Å². The first-order valence-electron chi connectivity index (χ1n) is 6.36. The van der Waals surface area contributed by atoms with Crippen LogP contribution in [-0.2, 0) is 0 Å². The third kappa shape index (κ3) is 2.52. The zero-order valence-corrected chi connectivity index (χ0v) is 11.2. The van der Waals surface area contributed by atoms with Gasteiger partial charge in [-0.25, -0.2) is 0 Å². The number of nitrogens with two attached hydrogens (primary N) is 1. The van der Waals surface area contributed by atoms with Crippen molar-refractivity contribution in [3.05, 3.63) is 59.9 Å². The number of benzene rings is 2. The normalized spacial score (nSPS) is 11.2. The lowest BCUT2D eigenvalue weighted by atomic mass is 10.2. The lowest BCUT2D eigenvalue weighted by Crippen LogP contribution is -1.82. The molecule has 1 heterocycles. The van der Waals surface area contributed by atoms with Gasteiger partial charge in [0.1, 0.15) is 17.1 Å². The number of anilines is 1. The molecule has 0 radical (unpaired) electrons. The van der Waals surface area contributed by atoms with Crippen molar-refractivity contribution in [2.75, 3.05) is 12.8 Å². The highest BCUT2D eigenvalue weighted by Crippen LogP contribution is 2.25. The molecule has 0 saturated heterocycles. The quantitative estimate of drug-likeness (QED) is 0.722. The fourth-order valence-corrected chi connectivity index (χ4v) is 2.03. The van der Waals surface area contributed by atoms with Gasteiger partial charge in [-0.3, -0.25) is 0 Å². The summed E-state index contributed by atoms with van der Waals surface area (Å²) in [5.74, 6) is 1.60. The molecule has 0 unspecified atom stereocenters. The fraction of sp³-hybridized carbons (Fsp3) is 0.0588. The van der Waals surface area contributed by atoms with Crippen molar-refractivity contribution in [1.82, 2.24) is 0 Å². The SMILES string of the molecule is COc1ccc2cc(C=Cc3ccc(N)cc3)oc2c1. The van der Waals surface area contributed by atoms with Crippen molar-refractivity contribution in [1.29, 1.82) is 0 Å². The Balaban J connectivity index is 1.88. The van der Waals surface area contributed by atoms with Crippen LogP contribution in [0.3, 0.4) is 0 Å². The predicted octanol–water partition coefficient (Wildman–Crippen LogP) is 4.19. The minimum atomic E-state index is 0.762. The number of hydrogen-bond donors (Lipinski definition) is 1. The van der Waals surface area contributed by atoms with Gasteiger partial charge in [-0.2, -0.15) is 0 Å². The van der Waals surface area contributed by atoms with E-state index < -0.39 is 0 Å². The van der Waals surface area contributed by atoms with E-state index in [2.05, 4.69) is 0 Å². The second-order valence-corrected chi connectivity index (χ2v) is 4.55. The van der Waals surface area contributed by atoms with Crippen molar-refractivity contribution < 1.29 is 9.15 Å². The molecular formula is C17H15NO2. The zero-order chi connectivity index (χ0) is 13.9. The number of fused-ring (bicyclic) bond motifs is 1. The largest absolute Gasteiger partial charge is 0.497 e. The third-order valence-corrected chi connectivity index (χ3v) is 3.12. The molecule has 2 aromatic carbocycles. The highest BCUT2D eigenvalue weighted by atomic mass is 16.5. The monoisotopic (exact) mass is 265 g/mol. The summed E-state index contributed by atoms with van der Waals surface area (Å²) in [4.78, 5) is 0. The van der Waals surface area contributed by atoms with E-state index in [0.29, 0.717) is 0 Å². The molecule has 3 heteroatoms. The highest BCUT2D eigenvalue weighted by Gasteiger charge is 2.02. The Hall–Kier alpha value is -2.68. The number of hydrogen-bond acceptors (Lipinski definition) is 3. The summed E-state index contributed by atoms with van der Waals surface area (Å²) >= 11 is 0. The summed E-state index contributed by atoms with van der Waals surface area (Å²) in [5, 5.41) is 1.06. The number of nitrogen functional groups attached to an aromatic ring is 1. The number of rotatable bonds is 3. The summed E-state index contributed by atoms with van der Waals surface area (Å²) in [6.45, 7) is 0. The standard InChI is InChI=1S/C17H15NO2/c1-19-15-9-5-13-10-16(20-17(13)11-15)8-4-12-2-6-14(18)7-3-12/h2-11H,18H2,1H3. The topological polar surface area (TPSA) is 48.4 Å². The maximum atomic E-state index is 5.76. The molecule has 0 aliphatic carbocycles. The molecule has 0 aliphatic heterocycles. The number of furan rings is 1. The van der Waals surface area contributed by atoms with E-state index in [1.165, 1.54) is 0 Å². The van der Waals surface area contributed by atoms with E-state index in [4.69, 9.17) is 14.9 Å². The van der Waals surface area contributed by atoms with Crippen LogP contribution in [0.5, 0.6) is 5.75 Å². The molecule has 100 valence electrons. The van der Waals surface area contributed by atoms with E-state index in [1.54, 1.807) is 7.11 Å². The van der Waals surface area contributed by atoms with Gasteiger partial charge in [0.2, 0.25) is 0 Å². The van der Waals surface area contributed by atoms with Crippen molar-refractivity contribution in [3.8, 4) is 5.75 Å². The zero-order valence-electron chi connectivity index (χ0n) is 11.2. The highest BCUT2D eigenvalue weighted by molar-refractivity contribution is 5.82. The van der Waals surface area contributed by atoms with Gasteiger partial charge in [-0.15, -0.1) is 0 Å². The molecule has 0 fully saturated rings. The lowest BCUT2D eigenvalue weighted by Gasteiger charge is -1.96. The van der Waals surface area contributed by atoms with Crippen LogP contribution in [0.15, 0.2) is 52.9 Å². The van der Waals surface area contributed by atoms with Crippen molar-refractivity contribution in [2.45, 2.75) is 0 Å². The van der Waals surface area contributed by atoms with Crippen LogP contribution in [0, 0.1) is 0 Å². The van der Waals surface area contributed by atoms with E-state index >= 15 is 0 Å². The van der Waals surface area contributed by atoms with Crippen molar-refractivity contribution in [2.24, 2.45) is 0 Å². The molecule has 3 aromatic rings. The Bertz CT molecular complexity index is 754. The summed E-state index contributed by atoms with van der Waals surface area (Å²) in [6, 6.07) is 15.5. The Morgan fingerprint density at radius 2 is 1.80 bits per heavy atom. The predicted molar refractivity (Wildman–Crippen MR) is 82.5 cm³/mol. The fourth-order valence-electron chi connectivity index (χ4n) is 2.03. The summed E-state index contributed by atoms with van der Waals surface area (Å²) < 4.78 is 10.9. The molecule has 0 saturated carbocycles. The van der Waals surface area contributed by atoms with Crippen LogP contribution in [0.1, 0.15) is 11.3 Å². The Kier molecular flexibility index (Phi) is 3.17. The van der Waals surface area contributed by atoms with Gasteiger partial charge < -0.3 is 14.9 Å². The van der Waals surface area contributed by atoms with Crippen LogP contribution in [0.4, 0.5) is 5.69 Å². The first-order chi connectivity index (χ1) is 9.74. The van der Waals surface area contributed by atoms with Gasteiger partial charge in [-0.05, 0) is 42.0 Å². The van der Waals surface area contributed by atoms with Gasteiger partial charge in [0.05, 0.1) is 7.11 Å². The van der Waals surface area contributed by atoms with E-state index in [-0.39, 0.29) is 0 Å². The third-order valence-electron chi connectivity index (χ3n) is 3.12. The number of methoxy groups -OCH3 is 1. The van der Waals surface area contributed by atoms with E-state index in [0.717, 1.165) is 33.7 Å². The molecule has 3 nitrogen and oxygen atoms in total. The summed E-state index contributed by atoms with van der Waals surface area (Å²) in [7, 11) is 1.64. The van der Waals surface area contributed by atoms with Gasteiger partial charge in [-0.1, -0.05) is 18.2 Å². The van der Waals surface area contributed by atoms with Crippen LogP contribution < -0.4 is 10.5 Å². The molecular weight excluding hydrogens is 250 g/mol. The second-order valence-electron chi connectivity index (χ2n) is 4.55. The summed E-state index contributed by atoms with van der Waals surface area (Å²) in [5.41, 5.74) is 8.32. The van der Waals surface area contributed by atoms with Gasteiger partial charge in [0.25, 0.3) is 0 Å². The van der Waals surface area contributed by atoms with E-state index in [1.807, 2.05) is 60.7 Å². The Morgan fingerprint density at radius 3 is 2.55 bits per heavy atom. The van der Waals surface area contributed by atoms with Gasteiger partial charge >= 0.3 is 0 Å². The maximum absolute atomic E-state index is 5.76. The molecule has 3 rings (SSSR count). The maximum Gasteiger partial charge on any atom is 0.138 e. The molecule has 1 aromatic heterocycles. The minimum absolute atomic E-state index is 0.762. The average molecular weight is 265 g/mol. The van der Waals surface area contributed by atoms with Crippen LogP contribution in [0.2, 0.25) is 0 Å². The molecule has 2 N–H and O–H groups in total. The lowest BCUT2D eigenvalue weighted by molar-refractivity contribution is 0.414. The molecule has 0 atom stereocenters. The molecule has 20 heavy (non-hydrogen) atoms. The average Bonchev–Trinajstić information content (AvgIpc) is 2.88. The summed E-state index contributed by atoms with van der Waals surface area (Å²) in [6.07, 6.45) is 3.94. The van der Waals surface area contributed by atoms with Crippen LogP contribution in [0.25, 0.3) is 23.1 Å². The van der Waals surface area contributed by atoms with Gasteiger partial charge in [0.15, 0.2) is 0 Å². The minimum Gasteiger partial charge on any atom is -0.497 e. The van der Waals surface area contributed by atoms with Crippen molar-refractivity contribution >= 4 is 28.8 Å². The second kappa shape index (κ2) is 5.13.